The molecule has 0 bridgehead atoms. The summed E-state index contributed by atoms with van der Waals surface area (Å²) in [7, 11) is 0. The molecule has 8 heteroatoms. The zero-order valence-corrected chi connectivity index (χ0v) is 15.0. The average molecular weight is 392 g/mol. The monoisotopic (exact) mass is 392 g/mol. The standard InChI is InChI=1S/C20H19F3N2O3/c21-16-7-6-15(18(22)19(16)23)20(27)24-13-8-10-25(11-9-13)17(26)12-28-14-4-2-1-3-5-14/h1-7,13H,8-12H2,(H,24,27). The van der Waals surface area contributed by atoms with E-state index in [4.69, 9.17) is 4.74 Å². The molecule has 1 aliphatic rings. The molecule has 1 fully saturated rings. The van der Waals surface area contributed by atoms with E-state index in [0.29, 0.717) is 37.7 Å². The molecule has 148 valence electrons. The van der Waals surface area contributed by atoms with E-state index in [2.05, 4.69) is 5.32 Å². The normalized spacial score (nSPS) is 14.6. The Bertz CT molecular complexity index is 853. The first-order valence-electron chi connectivity index (χ1n) is 8.85. The molecule has 0 unspecified atom stereocenters. The van der Waals surface area contributed by atoms with Crippen LogP contribution < -0.4 is 10.1 Å². The quantitative estimate of drug-likeness (QED) is 0.796. The van der Waals surface area contributed by atoms with Crippen LogP contribution in [0.2, 0.25) is 0 Å². The third kappa shape index (κ3) is 4.62. The first-order valence-corrected chi connectivity index (χ1v) is 8.85. The Morgan fingerprint density at radius 1 is 1.00 bits per heavy atom. The van der Waals surface area contributed by atoms with Crippen LogP contribution in [-0.4, -0.2) is 42.5 Å². The number of amides is 2. The van der Waals surface area contributed by atoms with Crippen molar-refractivity contribution >= 4 is 11.8 Å². The number of carbonyl (C=O) groups is 2. The van der Waals surface area contributed by atoms with Gasteiger partial charge in [-0.15, -0.1) is 0 Å². The molecule has 1 aliphatic heterocycles. The van der Waals surface area contributed by atoms with E-state index in [9.17, 15) is 22.8 Å². The number of rotatable bonds is 5. The number of halogens is 3. The number of carbonyl (C=O) groups excluding carboxylic acids is 2. The largest absolute Gasteiger partial charge is 0.484 e. The summed E-state index contributed by atoms with van der Waals surface area (Å²) in [4.78, 5) is 26.0. The van der Waals surface area contributed by atoms with E-state index in [0.717, 1.165) is 6.07 Å². The fourth-order valence-corrected chi connectivity index (χ4v) is 2.99. The molecule has 0 aromatic heterocycles. The molecule has 1 N–H and O–H groups in total. The lowest BCUT2D eigenvalue weighted by atomic mass is 10.0. The van der Waals surface area contributed by atoms with E-state index in [1.807, 2.05) is 18.2 Å². The van der Waals surface area contributed by atoms with Crippen LogP contribution in [0.4, 0.5) is 13.2 Å². The number of likely N-dealkylation sites (tertiary alicyclic amines) is 1. The Hall–Kier alpha value is -3.03. The van der Waals surface area contributed by atoms with Crippen molar-refractivity contribution in [1.29, 1.82) is 0 Å². The van der Waals surface area contributed by atoms with E-state index in [1.54, 1.807) is 17.0 Å². The average Bonchev–Trinajstić information content (AvgIpc) is 2.71. The summed E-state index contributed by atoms with van der Waals surface area (Å²) in [6.45, 7) is 0.728. The maximum absolute atomic E-state index is 13.7. The van der Waals surface area contributed by atoms with Gasteiger partial charge in [-0.1, -0.05) is 18.2 Å². The van der Waals surface area contributed by atoms with Gasteiger partial charge in [0.15, 0.2) is 24.1 Å². The Morgan fingerprint density at radius 2 is 1.68 bits per heavy atom. The molecule has 28 heavy (non-hydrogen) atoms. The summed E-state index contributed by atoms with van der Waals surface area (Å²) in [5, 5.41) is 2.60. The maximum atomic E-state index is 13.7. The molecule has 2 aromatic carbocycles. The fourth-order valence-electron chi connectivity index (χ4n) is 2.99. The lowest BCUT2D eigenvalue weighted by Crippen LogP contribution is -2.47. The third-order valence-electron chi connectivity index (χ3n) is 4.57. The van der Waals surface area contributed by atoms with Gasteiger partial charge in [0.2, 0.25) is 0 Å². The van der Waals surface area contributed by atoms with Crippen molar-refractivity contribution in [3.8, 4) is 5.75 Å². The van der Waals surface area contributed by atoms with Crippen LogP contribution in [0.1, 0.15) is 23.2 Å². The van der Waals surface area contributed by atoms with Crippen molar-refractivity contribution in [2.24, 2.45) is 0 Å². The molecule has 1 saturated heterocycles. The SMILES string of the molecule is O=C(NC1CCN(C(=O)COc2ccccc2)CC1)c1ccc(F)c(F)c1F. The summed E-state index contributed by atoms with van der Waals surface area (Å²) >= 11 is 0. The second-order valence-corrected chi connectivity index (χ2v) is 6.45. The van der Waals surface area contributed by atoms with E-state index in [1.165, 1.54) is 0 Å². The lowest BCUT2D eigenvalue weighted by Gasteiger charge is -2.32. The molecule has 5 nitrogen and oxygen atoms in total. The molecule has 0 saturated carbocycles. The van der Waals surface area contributed by atoms with E-state index >= 15 is 0 Å². The van der Waals surface area contributed by atoms with E-state index < -0.39 is 28.9 Å². The van der Waals surface area contributed by atoms with Gasteiger partial charge in [-0.05, 0) is 37.1 Å². The molecule has 2 amide bonds. The zero-order valence-electron chi connectivity index (χ0n) is 15.0. The smallest absolute Gasteiger partial charge is 0.260 e. The fraction of sp³-hybridized carbons (Fsp3) is 0.300. The maximum Gasteiger partial charge on any atom is 0.260 e. The summed E-state index contributed by atoms with van der Waals surface area (Å²) in [5.41, 5.74) is -0.548. The van der Waals surface area contributed by atoms with Crippen LogP contribution in [0.5, 0.6) is 5.75 Å². The lowest BCUT2D eigenvalue weighted by molar-refractivity contribution is -0.134. The summed E-state index contributed by atoms with van der Waals surface area (Å²) < 4.78 is 45.4. The van der Waals surface area contributed by atoms with Crippen LogP contribution in [-0.2, 0) is 4.79 Å². The molecule has 0 aliphatic carbocycles. The molecule has 0 radical (unpaired) electrons. The molecule has 1 heterocycles. The predicted molar refractivity (Wildman–Crippen MR) is 95.3 cm³/mol. The van der Waals surface area contributed by atoms with Gasteiger partial charge in [-0.25, -0.2) is 13.2 Å². The van der Waals surface area contributed by atoms with Crippen LogP contribution >= 0.6 is 0 Å². The summed E-state index contributed by atoms with van der Waals surface area (Å²) in [6.07, 6.45) is 0.933. The van der Waals surface area contributed by atoms with Crippen LogP contribution in [0.15, 0.2) is 42.5 Å². The molecule has 0 atom stereocenters. The van der Waals surface area contributed by atoms with Gasteiger partial charge in [-0.2, -0.15) is 0 Å². The highest BCUT2D eigenvalue weighted by molar-refractivity contribution is 5.94. The summed E-state index contributed by atoms with van der Waals surface area (Å²) in [6, 6.07) is 10.3. The highest BCUT2D eigenvalue weighted by Gasteiger charge is 2.26. The number of para-hydroxylation sites is 1. The topological polar surface area (TPSA) is 58.6 Å². The minimum absolute atomic E-state index is 0.0822. The first-order chi connectivity index (χ1) is 13.5. The van der Waals surface area contributed by atoms with Crippen molar-refractivity contribution in [3.05, 3.63) is 65.5 Å². The van der Waals surface area contributed by atoms with Gasteiger partial charge in [0.05, 0.1) is 5.56 Å². The number of ether oxygens (including phenoxy) is 1. The number of hydrogen-bond acceptors (Lipinski definition) is 3. The second kappa shape index (κ2) is 8.77. The van der Waals surface area contributed by atoms with Gasteiger partial charge in [-0.3, -0.25) is 9.59 Å². The van der Waals surface area contributed by atoms with Crippen LogP contribution in [0.25, 0.3) is 0 Å². The van der Waals surface area contributed by atoms with Gasteiger partial charge in [0, 0.05) is 19.1 Å². The van der Waals surface area contributed by atoms with Crippen molar-refractivity contribution < 1.29 is 27.5 Å². The number of nitrogens with zero attached hydrogens (tertiary/aromatic N) is 1. The van der Waals surface area contributed by atoms with E-state index in [-0.39, 0.29) is 18.6 Å². The number of hydrogen-bond donors (Lipinski definition) is 1. The molecular formula is C20H19F3N2O3. The van der Waals surface area contributed by atoms with Crippen molar-refractivity contribution in [3.63, 3.8) is 0 Å². The van der Waals surface area contributed by atoms with Crippen molar-refractivity contribution in [1.82, 2.24) is 10.2 Å². The Morgan fingerprint density at radius 3 is 2.36 bits per heavy atom. The minimum atomic E-state index is -1.67. The Balaban J connectivity index is 1.48. The first kappa shape index (κ1) is 19.7. The third-order valence-corrected chi connectivity index (χ3v) is 4.57. The van der Waals surface area contributed by atoms with Gasteiger partial charge < -0.3 is 15.0 Å². The predicted octanol–water partition coefficient (Wildman–Crippen LogP) is 2.90. The number of benzene rings is 2. The second-order valence-electron chi connectivity index (χ2n) is 6.45. The summed E-state index contributed by atoms with van der Waals surface area (Å²) in [5.74, 6) is -4.91. The van der Waals surface area contributed by atoms with Crippen LogP contribution in [0.3, 0.4) is 0 Å². The number of piperidine rings is 1. The highest BCUT2D eigenvalue weighted by atomic mass is 19.2. The minimum Gasteiger partial charge on any atom is -0.484 e. The Labute approximate surface area is 160 Å². The molecule has 2 aromatic rings. The molecule has 3 rings (SSSR count). The zero-order chi connectivity index (χ0) is 20.1. The highest BCUT2D eigenvalue weighted by Crippen LogP contribution is 2.17. The Kier molecular flexibility index (Phi) is 6.18. The molecular weight excluding hydrogens is 373 g/mol. The number of nitrogens with one attached hydrogen (secondary N) is 1. The van der Waals surface area contributed by atoms with Gasteiger partial charge in [0.25, 0.3) is 11.8 Å². The van der Waals surface area contributed by atoms with Crippen molar-refractivity contribution in [2.45, 2.75) is 18.9 Å². The molecule has 0 spiro atoms. The van der Waals surface area contributed by atoms with Crippen LogP contribution in [0, 0.1) is 17.5 Å². The van der Waals surface area contributed by atoms with Gasteiger partial charge in [0.1, 0.15) is 5.75 Å². The van der Waals surface area contributed by atoms with Gasteiger partial charge >= 0.3 is 0 Å². The van der Waals surface area contributed by atoms with Crippen molar-refractivity contribution in [2.75, 3.05) is 19.7 Å².